The van der Waals surface area contributed by atoms with Gasteiger partial charge in [0.25, 0.3) is 0 Å². The highest BCUT2D eigenvalue weighted by Gasteiger charge is 2.35. The van der Waals surface area contributed by atoms with E-state index in [-0.39, 0.29) is 17.9 Å². The molecular weight excluding hydrogens is 224 g/mol. The highest BCUT2D eigenvalue weighted by Crippen LogP contribution is 2.41. The molecule has 3 rings (SSSR count). The normalized spacial score (nSPS) is 24.8. The standard InChI is InChI=1S/C15H20N2O/c18-15(13-8-9-16-10-13)17-14(12-6-7-12)11-4-2-1-3-5-11/h1-5,12-14,16H,6-10H2,(H,17,18). The molecule has 2 atom stereocenters. The van der Waals surface area contributed by atoms with Gasteiger partial charge < -0.3 is 10.6 Å². The quantitative estimate of drug-likeness (QED) is 0.849. The van der Waals surface area contributed by atoms with Crippen LogP contribution in [0.2, 0.25) is 0 Å². The van der Waals surface area contributed by atoms with Crippen molar-refractivity contribution in [1.82, 2.24) is 10.6 Å². The number of nitrogens with one attached hydrogen (secondary N) is 2. The summed E-state index contributed by atoms with van der Waals surface area (Å²) in [6.45, 7) is 1.80. The maximum Gasteiger partial charge on any atom is 0.224 e. The van der Waals surface area contributed by atoms with Crippen LogP contribution in [0.15, 0.2) is 30.3 Å². The first kappa shape index (κ1) is 11.7. The van der Waals surface area contributed by atoms with Crippen molar-refractivity contribution in [2.75, 3.05) is 13.1 Å². The van der Waals surface area contributed by atoms with Crippen LogP contribution in [0.3, 0.4) is 0 Å². The van der Waals surface area contributed by atoms with E-state index in [9.17, 15) is 4.79 Å². The van der Waals surface area contributed by atoms with Crippen molar-refractivity contribution >= 4 is 5.91 Å². The van der Waals surface area contributed by atoms with E-state index in [2.05, 4.69) is 22.8 Å². The van der Waals surface area contributed by atoms with Gasteiger partial charge in [-0.25, -0.2) is 0 Å². The number of amides is 1. The van der Waals surface area contributed by atoms with Gasteiger partial charge in [-0.2, -0.15) is 0 Å². The molecule has 1 amide bonds. The van der Waals surface area contributed by atoms with E-state index in [0.29, 0.717) is 5.92 Å². The molecule has 0 bridgehead atoms. The number of hydrogen-bond donors (Lipinski definition) is 2. The lowest BCUT2D eigenvalue weighted by atomic mass is 10.0. The first-order valence-electron chi connectivity index (χ1n) is 6.90. The molecule has 0 aromatic heterocycles. The predicted octanol–water partition coefficient (Wildman–Crippen LogP) is 1.86. The van der Waals surface area contributed by atoms with Crippen LogP contribution in [0.5, 0.6) is 0 Å². The van der Waals surface area contributed by atoms with E-state index in [1.165, 1.54) is 18.4 Å². The molecule has 1 heterocycles. The molecule has 1 aliphatic carbocycles. The molecule has 2 unspecified atom stereocenters. The number of hydrogen-bond acceptors (Lipinski definition) is 2. The summed E-state index contributed by atoms with van der Waals surface area (Å²) in [5.74, 6) is 1.03. The molecule has 1 aromatic carbocycles. The number of carbonyl (C=O) groups excluding carboxylic acids is 1. The highest BCUT2D eigenvalue weighted by molar-refractivity contribution is 5.79. The number of carbonyl (C=O) groups is 1. The molecule has 2 aliphatic rings. The SMILES string of the molecule is O=C(NC(c1ccccc1)C1CC1)C1CCNC1. The molecule has 1 aromatic rings. The molecule has 1 saturated heterocycles. The molecule has 2 fully saturated rings. The van der Waals surface area contributed by atoms with Crippen molar-refractivity contribution in [1.29, 1.82) is 0 Å². The largest absolute Gasteiger partial charge is 0.349 e. The molecule has 0 radical (unpaired) electrons. The van der Waals surface area contributed by atoms with Gasteiger partial charge >= 0.3 is 0 Å². The molecule has 96 valence electrons. The van der Waals surface area contributed by atoms with E-state index < -0.39 is 0 Å². The van der Waals surface area contributed by atoms with Gasteiger partial charge in [0.1, 0.15) is 0 Å². The van der Waals surface area contributed by atoms with E-state index in [4.69, 9.17) is 0 Å². The molecule has 3 nitrogen and oxygen atoms in total. The lowest BCUT2D eigenvalue weighted by Gasteiger charge is -2.20. The molecule has 1 saturated carbocycles. The minimum absolute atomic E-state index is 0.162. The molecule has 18 heavy (non-hydrogen) atoms. The Labute approximate surface area is 108 Å². The smallest absolute Gasteiger partial charge is 0.224 e. The summed E-state index contributed by atoms with van der Waals surface area (Å²) in [6.07, 6.45) is 3.45. The molecule has 0 spiro atoms. The van der Waals surface area contributed by atoms with Crippen LogP contribution in [-0.2, 0) is 4.79 Å². The van der Waals surface area contributed by atoms with Crippen LogP contribution in [0.1, 0.15) is 30.9 Å². The van der Waals surface area contributed by atoms with E-state index >= 15 is 0 Å². The van der Waals surface area contributed by atoms with Crippen LogP contribution in [0.25, 0.3) is 0 Å². The van der Waals surface area contributed by atoms with Crippen LogP contribution in [-0.4, -0.2) is 19.0 Å². The molecule has 3 heteroatoms. The lowest BCUT2D eigenvalue weighted by molar-refractivity contribution is -0.125. The summed E-state index contributed by atoms with van der Waals surface area (Å²) in [5.41, 5.74) is 1.25. The van der Waals surface area contributed by atoms with Crippen LogP contribution >= 0.6 is 0 Å². The van der Waals surface area contributed by atoms with Gasteiger partial charge in [0.15, 0.2) is 0 Å². The average molecular weight is 244 g/mol. The second-order valence-corrected chi connectivity index (χ2v) is 5.42. The van der Waals surface area contributed by atoms with Gasteiger partial charge in [-0.1, -0.05) is 30.3 Å². The zero-order chi connectivity index (χ0) is 12.4. The summed E-state index contributed by atoms with van der Waals surface area (Å²) in [4.78, 5) is 12.2. The Hall–Kier alpha value is -1.35. The number of rotatable bonds is 4. The fraction of sp³-hybridized carbons (Fsp3) is 0.533. The van der Waals surface area contributed by atoms with Crippen molar-refractivity contribution in [3.05, 3.63) is 35.9 Å². The summed E-state index contributed by atoms with van der Waals surface area (Å²) >= 11 is 0. The Bertz CT molecular complexity index is 408. The van der Waals surface area contributed by atoms with E-state index in [1.54, 1.807) is 0 Å². The van der Waals surface area contributed by atoms with Gasteiger partial charge in [0.2, 0.25) is 5.91 Å². The van der Waals surface area contributed by atoms with Crippen molar-refractivity contribution in [2.45, 2.75) is 25.3 Å². The first-order chi connectivity index (χ1) is 8.84. The minimum Gasteiger partial charge on any atom is -0.349 e. The van der Waals surface area contributed by atoms with Gasteiger partial charge in [0, 0.05) is 6.54 Å². The van der Waals surface area contributed by atoms with Crippen LogP contribution < -0.4 is 10.6 Å². The summed E-state index contributed by atoms with van der Waals surface area (Å²) < 4.78 is 0. The third kappa shape index (κ3) is 2.56. The van der Waals surface area contributed by atoms with E-state index in [1.807, 2.05) is 18.2 Å². The lowest BCUT2D eigenvalue weighted by Crippen LogP contribution is -2.35. The van der Waals surface area contributed by atoms with Crippen LogP contribution in [0, 0.1) is 11.8 Å². The maximum absolute atomic E-state index is 12.2. The van der Waals surface area contributed by atoms with Gasteiger partial charge in [0.05, 0.1) is 12.0 Å². The van der Waals surface area contributed by atoms with Crippen LogP contribution in [0.4, 0.5) is 0 Å². The highest BCUT2D eigenvalue weighted by atomic mass is 16.2. The summed E-state index contributed by atoms with van der Waals surface area (Å²) in [5, 5.41) is 6.51. The Morgan fingerprint density at radius 3 is 2.61 bits per heavy atom. The molecule has 2 N–H and O–H groups in total. The Kier molecular flexibility index (Phi) is 3.33. The van der Waals surface area contributed by atoms with Crippen molar-refractivity contribution < 1.29 is 4.79 Å². The van der Waals surface area contributed by atoms with Gasteiger partial charge in [-0.3, -0.25) is 4.79 Å². The van der Waals surface area contributed by atoms with Crippen molar-refractivity contribution in [3.63, 3.8) is 0 Å². The second kappa shape index (κ2) is 5.11. The monoisotopic (exact) mass is 244 g/mol. The summed E-state index contributed by atoms with van der Waals surface area (Å²) in [6, 6.07) is 10.6. The average Bonchev–Trinajstić information content (AvgIpc) is 3.10. The van der Waals surface area contributed by atoms with Crippen molar-refractivity contribution in [2.24, 2.45) is 11.8 Å². The molecular formula is C15H20N2O. The van der Waals surface area contributed by atoms with E-state index in [0.717, 1.165) is 19.5 Å². The second-order valence-electron chi connectivity index (χ2n) is 5.42. The Morgan fingerprint density at radius 1 is 1.22 bits per heavy atom. The van der Waals surface area contributed by atoms with Gasteiger partial charge in [-0.15, -0.1) is 0 Å². The minimum atomic E-state index is 0.162. The first-order valence-corrected chi connectivity index (χ1v) is 6.90. The Balaban J connectivity index is 1.69. The third-order valence-electron chi connectivity index (χ3n) is 3.98. The Morgan fingerprint density at radius 2 is 2.00 bits per heavy atom. The topological polar surface area (TPSA) is 41.1 Å². The zero-order valence-electron chi connectivity index (χ0n) is 10.6. The summed E-state index contributed by atoms with van der Waals surface area (Å²) in [7, 11) is 0. The predicted molar refractivity (Wildman–Crippen MR) is 71.0 cm³/mol. The zero-order valence-corrected chi connectivity index (χ0v) is 10.6. The molecule has 1 aliphatic heterocycles. The fourth-order valence-electron chi connectivity index (χ4n) is 2.71. The van der Waals surface area contributed by atoms with Crippen molar-refractivity contribution in [3.8, 4) is 0 Å². The number of benzene rings is 1. The third-order valence-corrected chi connectivity index (χ3v) is 3.98. The fourth-order valence-corrected chi connectivity index (χ4v) is 2.71. The maximum atomic E-state index is 12.2. The van der Waals surface area contributed by atoms with Gasteiger partial charge in [-0.05, 0) is 37.3 Å².